The molecule has 0 aliphatic heterocycles. The second kappa shape index (κ2) is 58.0. The fourth-order valence-corrected chi connectivity index (χ4v) is 6.16. The Kier molecular flexibility index (Phi) is 61.6. The third-order valence-electron chi connectivity index (χ3n) is 11.0. The minimum atomic E-state index is -2.64. The second-order valence-electron chi connectivity index (χ2n) is 17.4. The molecule has 0 fully saturated rings. The van der Waals surface area contributed by atoms with E-state index in [1.54, 1.807) is 121 Å². The molecule has 4 heterocycles. The van der Waals surface area contributed by atoms with Crippen LogP contribution in [-0.4, -0.2) is 148 Å². The summed E-state index contributed by atoms with van der Waals surface area (Å²) < 4.78 is 0. The normalized spacial score (nSPS) is 11.5. The summed E-state index contributed by atoms with van der Waals surface area (Å²) in [6, 6.07) is 41.6. The summed E-state index contributed by atoms with van der Waals surface area (Å²) >= 11 is 0. The molecule has 4 atom stereocenters. The second-order valence-corrected chi connectivity index (χ2v) is 17.4. The van der Waals surface area contributed by atoms with Crippen LogP contribution in [0.25, 0.3) is 0 Å². The Morgan fingerprint density at radius 1 is 0.330 bits per heavy atom. The fourth-order valence-electron chi connectivity index (χ4n) is 6.16. The van der Waals surface area contributed by atoms with E-state index in [2.05, 4.69) is 39.9 Å². The van der Waals surface area contributed by atoms with Crippen molar-refractivity contribution in [3.63, 3.8) is 0 Å². The number of pyridine rings is 4. The first kappa shape index (κ1) is 99.8. The smallest absolute Gasteiger partial charge is 1.00 e. The van der Waals surface area contributed by atoms with Gasteiger partial charge in [0.05, 0.1) is 50.6 Å². The van der Waals surface area contributed by atoms with Crippen LogP contribution in [0.5, 0.6) is 23.0 Å². The van der Waals surface area contributed by atoms with Crippen molar-refractivity contribution in [3.8, 4) is 23.0 Å². The number of aliphatic hydroxyl groups excluding tert-OH is 4. The molecule has 0 amide bonds. The van der Waals surface area contributed by atoms with Crippen LogP contribution < -0.4 is 86.1 Å². The van der Waals surface area contributed by atoms with Gasteiger partial charge in [-0.15, -0.1) is 61.0 Å². The number of hydrogen-bond acceptors (Lipinski definition) is 25. The van der Waals surface area contributed by atoms with E-state index in [0.29, 0.717) is 22.3 Å². The van der Waals surface area contributed by atoms with Crippen LogP contribution >= 0.6 is 0 Å². The summed E-state index contributed by atoms with van der Waals surface area (Å²) in [5, 5.41) is 168. The summed E-state index contributed by atoms with van der Waals surface area (Å²) in [6.45, 7) is -3.08. The number of nitrogens with zero attached hydrogens (tertiary/aromatic N) is 8. The number of halogens is 2. The molecule has 0 bridgehead atoms. The minimum Gasteiger partial charge on any atom is -1.00 e. The minimum absolute atomic E-state index is 0. The molecule has 0 unspecified atom stereocenters. The zero-order chi connectivity index (χ0) is 63.0. The topological polar surface area (TPSA) is 489 Å². The van der Waals surface area contributed by atoms with Gasteiger partial charge in [0.2, 0.25) is 0 Å². The fraction of sp³-hybridized carbons (Fsp3) is 0.226. The van der Waals surface area contributed by atoms with Gasteiger partial charge < -0.3 is 112 Å². The van der Waals surface area contributed by atoms with Gasteiger partial charge in [-0.1, -0.05) is 121 Å². The van der Waals surface area contributed by atoms with Gasteiger partial charge in [-0.2, -0.15) is 0 Å². The molecule has 0 aliphatic carbocycles. The maximum atomic E-state index is 11.8. The summed E-state index contributed by atoms with van der Waals surface area (Å²) in [5.41, 5.74) is 1.46. The maximum Gasteiger partial charge on any atom is 3.00 e. The molecule has 25 nitrogen and oxygen atoms in total. The standard InChI is InChI=1S/2C11H8N2O2.4C10H12NO3.2ClH.Dy.4Mn.H2O/c2*14-11(15,9-5-1-3-7-12-9)10-6-2-4-8-13-10;4*12-6-9(7-13)11-5-8-3-1-2-4-10(8)14;;;;;;;;/h2*1-8H;4*1-5,9,12,14H,6-7H2;2*1H;;;;;;1H2/q2*-2;4*-1;;;5*+3;/p-7/t;;4*9-;;;;;;;;/m..0000......../s1. The molecule has 503 valence electrons. The van der Waals surface area contributed by atoms with Crippen LogP contribution in [0.4, 0.5) is 0 Å². The molecule has 8 rings (SSSR count). The Hall–Kier alpha value is -5.23. The van der Waals surface area contributed by atoms with Gasteiger partial charge in [-0.05, 0) is 70.8 Å². The summed E-state index contributed by atoms with van der Waals surface area (Å²) in [7, 11) is 0. The zero-order valence-electron chi connectivity index (χ0n) is 49.0. The van der Waals surface area contributed by atoms with Crippen molar-refractivity contribution in [1.82, 2.24) is 19.9 Å². The number of aromatic nitrogens is 4. The van der Waals surface area contributed by atoms with E-state index in [-0.39, 0.29) is 209 Å². The van der Waals surface area contributed by atoms with Gasteiger partial charge in [-0.3, -0.25) is 39.9 Å². The number of rotatable bonds is 20. The SMILES string of the molecule is [Cl-].[Cl-].[Dy+3].[Mn+3].[Mn+3].[Mn+3].[Mn+3].[O-]C([O-])(c1ccccn1)c1ccccn1.[O-]C([O-])(c1ccccn1)c1ccccn1.[O-]C[C@H](CO)N=Cc1ccccc1[O-].[O-]C[C@H](CO)N=Cc1ccccc1[O-].[O-]C[C@H](CO)N=Cc1ccccc1[O-].[O-]C[C@H](CO)N=Cc1ccccc1[O-].[OH-]. The molecule has 1 radical (unpaired) electrons. The van der Waals surface area contributed by atoms with Crippen LogP contribution in [0.3, 0.4) is 0 Å². The number of benzene rings is 4. The van der Waals surface area contributed by atoms with Crippen LogP contribution in [0.2, 0.25) is 0 Å². The van der Waals surface area contributed by atoms with Crippen LogP contribution in [0.15, 0.2) is 215 Å². The first-order valence-electron chi connectivity index (χ1n) is 25.9. The molecule has 0 spiro atoms. The Labute approximate surface area is 628 Å². The molecule has 8 aromatic rings. The molecule has 94 heavy (non-hydrogen) atoms. The quantitative estimate of drug-likeness (QED) is 0.0313. The first-order chi connectivity index (χ1) is 41.5. The average Bonchev–Trinajstić information content (AvgIpc) is 0.876. The van der Waals surface area contributed by atoms with E-state index >= 15 is 0 Å². The van der Waals surface area contributed by atoms with Crippen LogP contribution in [0.1, 0.15) is 45.0 Å². The van der Waals surface area contributed by atoms with Crippen molar-refractivity contribution in [3.05, 3.63) is 240 Å². The summed E-state index contributed by atoms with van der Waals surface area (Å²) in [6.07, 6.45) is 11.0. The van der Waals surface area contributed by atoms with Crippen molar-refractivity contribution < 1.29 is 218 Å². The van der Waals surface area contributed by atoms with E-state index < -0.39 is 62.2 Å². The third kappa shape index (κ3) is 37.3. The molecule has 32 heteroatoms. The largest absolute Gasteiger partial charge is 3.00 e. The Balaban J connectivity index is -0.000000243. The molecule has 0 aliphatic rings. The van der Waals surface area contributed by atoms with Crippen LogP contribution in [0, 0.1) is 38.2 Å². The average molecular weight is 1640 g/mol. The van der Waals surface area contributed by atoms with Gasteiger partial charge >= 0.3 is 106 Å². The van der Waals surface area contributed by atoms with Crippen molar-refractivity contribution in [1.29, 1.82) is 0 Å². The molecule has 0 saturated carbocycles. The molecule has 5 N–H and O–H groups in total. The van der Waals surface area contributed by atoms with E-state index in [1.807, 2.05) is 0 Å². The Morgan fingerprint density at radius 3 is 0.638 bits per heavy atom. The van der Waals surface area contributed by atoms with Gasteiger partial charge in [0.25, 0.3) is 0 Å². The van der Waals surface area contributed by atoms with Crippen molar-refractivity contribution in [2.45, 2.75) is 35.7 Å². The number of hydrogen-bond donors (Lipinski definition) is 4. The molecular weight excluding hydrogens is 1580 g/mol. The number of aliphatic hydroxyl groups is 4. The molecular formula is C62H61Cl2DyMn4N8O17. The zero-order valence-corrected chi connectivity index (χ0v) is 57.3. The third-order valence-corrected chi connectivity index (χ3v) is 11.0. The number of para-hydroxylation sites is 4. The molecule has 4 aromatic heterocycles. The Bertz CT molecular complexity index is 2810. The maximum absolute atomic E-state index is 11.8. The van der Waals surface area contributed by atoms with Crippen LogP contribution in [-0.2, 0) is 79.8 Å². The van der Waals surface area contributed by atoms with Crippen molar-refractivity contribution in [2.24, 2.45) is 20.0 Å². The van der Waals surface area contributed by atoms with Crippen molar-refractivity contribution in [2.75, 3.05) is 52.9 Å². The summed E-state index contributed by atoms with van der Waals surface area (Å²) in [4.78, 5) is 30.3. The monoisotopic (exact) mass is 1640 g/mol. The van der Waals surface area contributed by atoms with E-state index in [1.165, 1.54) is 98.2 Å². The first-order valence-corrected chi connectivity index (χ1v) is 25.9. The van der Waals surface area contributed by atoms with Gasteiger partial charge in [0.1, 0.15) is 0 Å². The van der Waals surface area contributed by atoms with Gasteiger partial charge in [0, 0.05) is 72.4 Å². The predicted molar refractivity (Wildman–Crippen MR) is 297 cm³/mol. The summed E-state index contributed by atoms with van der Waals surface area (Å²) in [5.74, 6) is -5.83. The van der Waals surface area contributed by atoms with Crippen molar-refractivity contribution >= 4 is 24.9 Å². The van der Waals surface area contributed by atoms with E-state index in [0.717, 1.165) is 0 Å². The van der Waals surface area contributed by atoms with E-state index in [9.17, 15) is 61.3 Å². The number of aliphatic imine (C=N–C) groups is 4. The van der Waals surface area contributed by atoms with Gasteiger partial charge in [0.15, 0.2) is 0 Å². The molecule has 0 saturated heterocycles. The van der Waals surface area contributed by atoms with E-state index in [4.69, 9.17) is 20.4 Å². The predicted octanol–water partition coefficient (Wildman–Crippen LogP) is -11.8. The Morgan fingerprint density at radius 2 is 0.500 bits per heavy atom. The van der Waals surface area contributed by atoms with Gasteiger partial charge in [-0.25, -0.2) is 0 Å². The molecule has 4 aromatic carbocycles.